The lowest BCUT2D eigenvalue weighted by Gasteiger charge is -2.28. The van der Waals surface area contributed by atoms with Crippen LogP contribution in [0.2, 0.25) is 0 Å². The Balaban J connectivity index is 2.57. The Hall–Kier alpha value is -3.42. The van der Waals surface area contributed by atoms with Gasteiger partial charge < -0.3 is 9.47 Å². The van der Waals surface area contributed by atoms with Crippen LogP contribution in [0.15, 0.2) is 42.5 Å². The number of para-hydroxylation sites is 1. The number of benzene rings is 2. The molecular weight excluding hydrogens is 376 g/mol. The summed E-state index contributed by atoms with van der Waals surface area (Å²) in [6, 6.07) is 11.3. The van der Waals surface area contributed by atoms with Crippen LogP contribution in [-0.4, -0.2) is 36.2 Å². The number of esters is 1. The maximum absolute atomic E-state index is 12.7. The summed E-state index contributed by atoms with van der Waals surface area (Å²) in [5.74, 6) is -0.791. The van der Waals surface area contributed by atoms with Gasteiger partial charge in [0.2, 0.25) is 0 Å². The van der Waals surface area contributed by atoms with E-state index in [-0.39, 0.29) is 11.3 Å². The number of rotatable bonds is 5. The van der Waals surface area contributed by atoms with Crippen molar-refractivity contribution in [2.45, 2.75) is 33.3 Å². The first-order chi connectivity index (χ1) is 13.6. The minimum absolute atomic E-state index is 0.141. The van der Waals surface area contributed by atoms with E-state index < -0.39 is 22.6 Å². The monoisotopic (exact) mass is 400 g/mol. The zero-order valence-electron chi connectivity index (χ0n) is 17.1. The van der Waals surface area contributed by atoms with Crippen LogP contribution in [0.4, 0.5) is 16.2 Å². The molecule has 0 aliphatic rings. The molecule has 0 aliphatic heterocycles. The second kappa shape index (κ2) is 8.72. The first kappa shape index (κ1) is 21.9. The standard InChI is InChI=1S/C21H24N2O6/c1-6-22(20(25)29-21(2,3)4)17-10-8-7-9-15(17)14-11-12-16(19(24)28-5)18(13-14)23(26)27/h7-13H,6H2,1-5H3. The number of ether oxygens (including phenoxy) is 2. The second-order valence-electron chi connectivity index (χ2n) is 7.22. The largest absolute Gasteiger partial charge is 0.465 e. The van der Waals surface area contributed by atoms with E-state index in [1.54, 1.807) is 51.1 Å². The van der Waals surface area contributed by atoms with Crippen molar-refractivity contribution in [3.63, 3.8) is 0 Å². The molecule has 0 unspecified atom stereocenters. The smallest absolute Gasteiger partial charge is 0.414 e. The Kier molecular flexibility index (Phi) is 6.58. The van der Waals surface area contributed by atoms with Crippen molar-refractivity contribution < 1.29 is 24.0 Å². The van der Waals surface area contributed by atoms with Gasteiger partial charge in [-0.05, 0) is 45.4 Å². The van der Waals surface area contributed by atoms with Crippen molar-refractivity contribution in [3.8, 4) is 11.1 Å². The topological polar surface area (TPSA) is 99.0 Å². The Morgan fingerprint density at radius 2 is 1.79 bits per heavy atom. The Bertz CT molecular complexity index is 933. The first-order valence-corrected chi connectivity index (χ1v) is 9.05. The highest BCUT2D eigenvalue weighted by Crippen LogP contribution is 2.34. The van der Waals surface area contributed by atoms with E-state index in [2.05, 4.69) is 4.74 Å². The summed E-state index contributed by atoms with van der Waals surface area (Å²) in [6.07, 6.45) is -0.520. The van der Waals surface area contributed by atoms with E-state index in [4.69, 9.17) is 4.74 Å². The summed E-state index contributed by atoms with van der Waals surface area (Å²) in [5, 5.41) is 11.5. The molecule has 2 aromatic carbocycles. The van der Waals surface area contributed by atoms with E-state index in [1.807, 2.05) is 6.92 Å². The summed E-state index contributed by atoms with van der Waals surface area (Å²) in [5.41, 5.74) is 0.453. The number of nitro benzene ring substituents is 1. The third kappa shape index (κ3) is 5.10. The quantitative estimate of drug-likeness (QED) is 0.406. The third-order valence-corrected chi connectivity index (χ3v) is 4.04. The molecule has 2 rings (SSSR count). The Morgan fingerprint density at radius 3 is 2.34 bits per heavy atom. The molecule has 8 heteroatoms. The fourth-order valence-electron chi connectivity index (χ4n) is 2.80. The van der Waals surface area contributed by atoms with Crippen LogP contribution in [-0.2, 0) is 9.47 Å². The predicted molar refractivity (Wildman–Crippen MR) is 109 cm³/mol. The summed E-state index contributed by atoms with van der Waals surface area (Å²) in [4.78, 5) is 36.8. The molecule has 0 radical (unpaired) electrons. The molecule has 0 N–H and O–H groups in total. The van der Waals surface area contributed by atoms with Crippen LogP contribution in [0.1, 0.15) is 38.1 Å². The molecule has 8 nitrogen and oxygen atoms in total. The van der Waals surface area contributed by atoms with Crippen LogP contribution in [0, 0.1) is 10.1 Å². The molecule has 0 heterocycles. The third-order valence-electron chi connectivity index (χ3n) is 4.04. The summed E-state index contributed by atoms with van der Waals surface area (Å²) in [7, 11) is 1.16. The lowest BCUT2D eigenvalue weighted by molar-refractivity contribution is -0.385. The summed E-state index contributed by atoms with van der Waals surface area (Å²) < 4.78 is 10.1. The van der Waals surface area contributed by atoms with Crippen molar-refractivity contribution in [2.75, 3.05) is 18.6 Å². The van der Waals surface area contributed by atoms with Gasteiger partial charge in [0.05, 0.1) is 17.7 Å². The van der Waals surface area contributed by atoms with E-state index in [1.165, 1.54) is 17.0 Å². The van der Waals surface area contributed by atoms with E-state index in [9.17, 15) is 19.7 Å². The molecule has 0 aliphatic carbocycles. The SMILES string of the molecule is CCN(C(=O)OC(C)(C)C)c1ccccc1-c1ccc(C(=O)OC)c([N+](=O)[O-])c1. The second-order valence-corrected chi connectivity index (χ2v) is 7.22. The number of nitro groups is 1. The van der Waals surface area contributed by atoms with Crippen molar-refractivity contribution in [2.24, 2.45) is 0 Å². The minimum atomic E-state index is -0.791. The number of amides is 1. The lowest BCUT2D eigenvalue weighted by atomic mass is 10.00. The number of anilines is 1. The van der Waals surface area contributed by atoms with Gasteiger partial charge in [0, 0.05) is 18.2 Å². The van der Waals surface area contributed by atoms with Crippen molar-refractivity contribution >= 4 is 23.4 Å². The average Bonchev–Trinajstić information content (AvgIpc) is 2.66. The highest BCUT2D eigenvalue weighted by Gasteiger charge is 2.26. The Morgan fingerprint density at radius 1 is 1.14 bits per heavy atom. The summed E-state index contributed by atoms with van der Waals surface area (Å²) in [6.45, 7) is 7.48. The maximum atomic E-state index is 12.7. The number of methoxy groups -OCH3 is 1. The van der Waals surface area contributed by atoms with E-state index >= 15 is 0 Å². The van der Waals surface area contributed by atoms with Gasteiger partial charge in [0.25, 0.3) is 5.69 Å². The van der Waals surface area contributed by atoms with E-state index in [0.29, 0.717) is 23.4 Å². The predicted octanol–water partition coefficient (Wildman–Crippen LogP) is 4.81. The summed E-state index contributed by atoms with van der Waals surface area (Å²) >= 11 is 0. The van der Waals surface area contributed by atoms with Gasteiger partial charge in [-0.15, -0.1) is 0 Å². The van der Waals surface area contributed by atoms with Gasteiger partial charge in [-0.25, -0.2) is 9.59 Å². The molecule has 0 aromatic heterocycles. The van der Waals surface area contributed by atoms with Gasteiger partial charge in [-0.3, -0.25) is 15.0 Å². The molecular formula is C21H24N2O6. The fourth-order valence-corrected chi connectivity index (χ4v) is 2.80. The van der Waals surface area contributed by atoms with Crippen LogP contribution >= 0.6 is 0 Å². The van der Waals surface area contributed by atoms with Gasteiger partial charge in [-0.2, -0.15) is 0 Å². The average molecular weight is 400 g/mol. The van der Waals surface area contributed by atoms with Crippen molar-refractivity contribution in [1.29, 1.82) is 0 Å². The first-order valence-electron chi connectivity index (χ1n) is 9.05. The molecule has 0 spiro atoms. The van der Waals surface area contributed by atoms with Crippen LogP contribution in [0.25, 0.3) is 11.1 Å². The number of carbonyl (C=O) groups excluding carboxylic acids is 2. The highest BCUT2D eigenvalue weighted by atomic mass is 16.6. The number of hydrogen-bond acceptors (Lipinski definition) is 6. The number of nitrogens with zero attached hydrogens (tertiary/aromatic N) is 2. The molecule has 154 valence electrons. The minimum Gasteiger partial charge on any atom is -0.465 e. The normalized spacial score (nSPS) is 10.9. The molecule has 29 heavy (non-hydrogen) atoms. The molecule has 0 atom stereocenters. The van der Waals surface area contributed by atoms with Crippen LogP contribution < -0.4 is 4.90 Å². The molecule has 1 amide bonds. The van der Waals surface area contributed by atoms with Crippen LogP contribution in [0.5, 0.6) is 0 Å². The van der Waals surface area contributed by atoms with Gasteiger partial charge in [0.1, 0.15) is 11.2 Å². The molecule has 0 fully saturated rings. The highest BCUT2D eigenvalue weighted by molar-refractivity contribution is 5.97. The van der Waals surface area contributed by atoms with Gasteiger partial charge in [-0.1, -0.05) is 24.3 Å². The molecule has 2 aromatic rings. The van der Waals surface area contributed by atoms with Crippen molar-refractivity contribution in [1.82, 2.24) is 0 Å². The number of carbonyl (C=O) groups is 2. The van der Waals surface area contributed by atoms with Crippen LogP contribution in [0.3, 0.4) is 0 Å². The molecule has 0 saturated heterocycles. The molecule has 0 saturated carbocycles. The van der Waals surface area contributed by atoms with Gasteiger partial charge in [0.15, 0.2) is 0 Å². The lowest BCUT2D eigenvalue weighted by Crippen LogP contribution is -2.37. The molecule has 0 bridgehead atoms. The van der Waals surface area contributed by atoms with Gasteiger partial charge >= 0.3 is 12.1 Å². The Labute approximate surface area is 169 Å². The van der Waals surface area contributed by atoms with E-state index in [0.717, 1.165) is 7.11 Å². The fraction of sp³-hybridized carbons (Fsp3) is 0.333. The zero-order chi connectivity index (χ0) is 21.8. The zero-order valence-corrected chi connectivity index (χ0v) is 17.1. The van der Waals surface area contributed by atoms with Crippen molar-refractivity contribution in [3.05, 3.63) is 58.1 Å². The number of hydrogen-bond donors (Lipinski definition) is 0. The maximum Gasteiger partial charge on any atom is 0.414 e.